The van der Waals surface area contributed by atoms with Crippen molar-refractivity contribution in [1.82, 2.24) is 19.6 Å². The lowest BCUT2D eigenvalue weighted by Crippen LogP contribution is -2.49. The zero-order valence-corrected chi connectivity index (χ0v) is 26.4. The molecular formula is C37H54N4O. The highest BCUT2D eigenvalue weighted by Crippen LogP contribution is 2.39. The summed E-state index contributed by atoms with van der Waals surface area (Å²) < 4.78 is 0. The number of carbonyl (C=O) groups is 1. The number of hydrogen-bond acceptors (Lipinski definition) is 5. The van der Waals surface area contributed by atoms with Crippen LogP contribution in [-0.2, 0) is 17.6 Å². The van der Waals surface area contributed by atoms with E-state index < -0.39 is 0 Å². The number of Topliss-reactive ketones (excluding diaryl/α,β-unsaturated/α-hetero) is 1. The molecule has 4 aliphatic rings. The fourth-order valence-electron chi connectivity index (χ4n) is 8.37. The van der Waals surface area contributed by atoms with Gasteiger partial charge >= 0.3 is 0 Å². The maximum Gasteiger partial charge on any atom is 0.176 e. The Balaban J connectivity index is 1.36. The lowest BCUT2D eigenvalue weighted by molar-refractivity contribution is -0.131. The number of ketones is 1. The molecule has 2 aromatic carbocycles. The van der Waals surface area contributed by atoms with Gasteiger partial charge in [-0.3, -0.25) is 14.6 Å². The second-order valence-electron chi connectivity index (χ2n) is 13.5. The largest absolute Gasteiger partial charge is 0.302 e. The van der Waals surface area contributed by atoms with Crippen LogP contribution in [-0.4, -0.2) is 89.8 Å². The molecule has 42 heavy (non-hydrogen) atoms. The summed E-state index contributed by atoms with van der Waals surface area (Å²) in [5, 5.41) is 0. The van der Waals surface area contributed by atoms with Gasteiger partial charge in [-0.1, -0.05) is 62.4 Å². The van der Waals surface area contributed by atoms with E-state index in [0.29, 0.717) is 17.9 Å². The van der Waals surface area contributed by atoms with Crippen LogP contribution in [0.5, 0.6) is 0 Å². The van der Waals surface area contributed by atoms with Gasteiger partial charge in [0.15, 0.2) is 5.78 Å². The van der Waals surface area contributed by atoms with Gasteiger partial charge < -0.3 is 9.80 Å². The third kappa shape index (κ3) is 6.70. The molecule has 0 aromatic heterocycles. The quantitative estimate of drug-likeness (QED) is 0.300. The van der Waals surface area contributed by atoms with Crippen molar-refractivity contribution in [2.75, 3.05) is 52.4 Å². The molecule has 228 valence electrons. The standard InChI is InChI=1S/C37H54N4O/c1-3-29-13-17-31(18-14-29)35(40-25-9-11-33(40)27-38-21-5-6-22-38)37(42)36(32-19-15-30(4-2)16-20-32)41-26-10-12-34(41)28-39-23-7-8-24-39/h13-20,33-36H,3-12,21-28H2,1-2H3/t33?,34?,35-,36-/m0/s1. The van der Waals surface area contributed by atoms with Crippen molar-refractivity contribution < 1.29 is 4.79 Å². The van der Waals surface area contributed by atoms with Crippen molar-refractivity contribution in [1.29, 1.82) is 0 Å². The molecule has 5 nitrogen and oxygen atoms in total. The summed E-state index contributed by atoms with van der Waals surface area (Å²) in [6, 6.07) is 18.6. The highest BCUT2D eigenvalue weighted by molar-refractivity contribution is 5.91. The first-order chi connectivity index (χ1) is 20.6. The lowest BCUT2D eigenvalue weighted by atomic mass is 9.89. The maximum absolute atomic E-state index is 15.4. The number of rotatable bonds is 12. The molecule has 4 heterocycles. The van der Waals surface area contributed by atoms with Gasteiger partial charge in [0.05, 0.1) is 12.1 Å². The molecule has 6 rings (SSSR count). The van der Waals surface area contributed by atoms with E-state index in [1.54, 1.807) is 0 Å². The lowest BCUT2D eigenvalue weighted by Gasteiger charge is -2.40. The predicted octanol–water partition coefficient (Wildman–Crippen LogP) is 6.28. The van der Waals surface area contributed by atoms with Crippen LogP contribution in [0.2, 0.25) is 0 Å². The summed E-state index contributed by atoms with van der Waals surface area (Å²) in [5.74, 6) is 0.394. The van der Waals surface area contributed by atoms with Crippen LogP contribution in [0.25, 0.3) is 0 Å². The highest BCUT2D eigenvalue weighted by atomic mass is 16.1. The van der Waals surface area contributed by atoms with Gasteiger partial charge in [-0.25, -0.2) is 0 Å². The van der Waals surface area contributed by atoms with Gasteiger partial charge in [-0.05, 0) is 126 Å². The van der Waals surface area contributed by atoms with Crippen molar-refractivity contribution in [2.24, 2.45) is 0 Å². The Labute approximate surface area is 255 Å². The monoisotopic (exact) mass is 570 g/mol. The first kappa shape index (κ1) is 30.0. The molecule has 0 aliphatic carbocycles. The number of carbonyl (C=O) groups excluding carboxylic acids is 1. The Morgan fingerprint density at radius 2 is 0.976 bits per heavy atom. The smallest absolute Gasteiger partial charge is 0.176 e. The van der Waals surface area contributed by atoms with Gasteiger partial charge in [0.2, 0.25) is 0 Å². The molecule has 2 aromatic rings. The van der Waals surface area contributed by atoms with Crippen molar-refractivity contribution in [3.05, 3.63) is 70.8 Å². The van der Waals surface area contributed by atoms with Crippen LogP contribution < -0.4 is 0 Å². The first-order valence-electron chi connectivity index (χ1n) is 17.3. The van der Waals surface area contributed by atoms with Crippen molar-refractivity contribution in [3.8, 4) is 0 Å². The van der Waals surface area contributed by atoms with E-state index in [9.17, 15) is 0 Å². The third-order valence-corrected chi connectivity index (χ3v) is 10.8. The minimum Gasteiger partial charge on any atom is -0.302 e. The van der Waals surface area contributed by atoms with Crippen LogP contribution in [0.1, 0.15) is 99.6 Å². The molecule has 4 saturated heterocycles. The number of nitrogens with zero attached hydrogens (tertiary/aromatic N) is 4. The Morgan fingerprint density at radius 3 is 1.33 bits per heavy atom. The molecule has 0 N–H and O–H groups in total. The van der Waals surface area contributed by atoms with Gasteiger partial charge in [0, 0.05) is 25.2 Å². The number of hydrogen-bond donors (Lipinski definition) is 0. The van der Waals surface area contributed by atoms with Crippen molar-refractivity contribution >= 4 is 5.78 Å². The third-order valence-electron chi connectivity index (χ3n) is 10.8. The summed E-state index contributed by atoms with van der Waals surface area (Å²) in [5.41, 5.74) is 5.07. The molecule has 2 unspecified atom stereocenters. The van der Waals surface area contributed by atoms with E-state index in [4.69, 9.17) is 0 Å². The second-order valence-corrected chi connectivity index (χ2v) is 13.5. The second kappa shape index (κ2) is 14.2. The van der Waals surface area contributed by atoms with Crippen LogP contribution in [0.4, 0.5) is 0 Å². The minimum atomic E-state index is -0.199. The van der Waals surface area contributed by atoms with Crippen LogP contribution in [0.15, 0.2) is 48.5 Å². The van der Waals surface area contributed by atoms with Gasteiger partial charge in [-0.15, -0.1) is 0 Å². The molecule has 0 saturated carbocycles. The summed E-state index contributed by atoms with van der Waals surface area (Å²) in [6.07, 6.45) is 12.1. The highest BCUT2D eigenvalue weighted by Gasteiger charge is 2.44. The Morgan fingerprint density at radius 1 is 0.595 bits per heavy atom. The molecule has 4 aliphatic heterocycles. The summed E-state index contributed by atoms with van der Waals surface area (Å²) in [7, 11) is 0. The minimum absolute atomic E-state index is 0.199. The Hall–Kier alpha value is -2.05. The normalized spacial score (nSPS) is 25.9. The van der Waals surface area contributed by atoms with E-state index in [-0.39, 0.29) is 12.1 Å². The van der Waals surface area contributed by atoms with E-state index >= 15 is 4.79 Å². The molecule has 0 radical (unpaired) electrons. The first-order valence-corrected chi connectivity index (χ1v) is 17.3. The van der Waals surface area contributed by atoms with Crippen LogP contribution >= 0.6 is 0 Å². The van der Waals surface area contributed by atoms with E-state index in [1.165, 1.54) is 99.8 Å². The number of aryl methyl sites for hydroxylation is 2. The fraction of sp³-hybridized carbons (Fsp3) is 0.649. The molecule has 4 fully saturated rings. The zero-order chi connectivity index (χ0) is 28.9. The summed E-state index contributed by atoms with van der Waals surface area (Å²) in [4.78, 5) is 25.9. The Bertz CT molecular complexity index is 1050. The SMILES string of the molecule is CCc1ccc([C@@H](C(=O)[C@H](c2ccc(CC)cc2)N2CCCC2CN2CCCC2)N2CCCC2CN2CCCC2)cc1. The fourth-order valence-corrected chi connectivity index (χ4v) is 8.37. The summed E-state index contributed by atoms with van der Waals surface area (Å²) in [6.45, 7) is 13.5. The molecular weight excluding hydrogens is 516 g/mol. The predicted molar refractivity (Wildman–Crippen MR) is 173 cm³/mol. The van der Waals surface area contributed by atoms with Gasteiger partial charge in [0.25, 0.3) is 0 Å². The molecule has 0 spiro atoms. The van der Waals surface area contributed by atoms with Gasteiger partial charge in [-0.2, -0.15) is 0 Å². The van der Waals surface area contributed by atoms with E-state index in [0.717, 1.165) is 39.0 Å². The van der Waals surface area contributed by atoms with Gasteiger partial charge in [0.1, 0.15) is 0 Å². The average molecular weight is 571 g/mol. The Kier molecular flexibility index (Phi) is 10.1. The average Bonchev–Trinajstić information content (AvgIpc) is 3.86. The van der Waals surface area contributed by atoms with Crippen molar-refractivity contribution in [2.45, 2.75) is 102 Å². The van der Waals surface area contributed by atoms with Crippen LogP contribution in [0.3, 0.4) is 0 Å². The zero-order valence-electron chi connectivity index (χ0n) is 26.4. The molecule has 0 bridgehead atoms. The molecule has 4 atom stereocenters. The van der Waals surface area contributed by atoms with E-state index in [1.807, 2.05) is 0 Å². The van der Waals surface area contributed by atoms with Crippen LogP contribution in [0, 0.1) is 0 Å². The van der Waals surface area contributed by atoms with E-state index in [2.05, 4.69) is 82.0 Å². The topological polar surface area (TPSA) is 30.0 Å². The van der Waals surface area contributed by atoms with Crippen molar-refractivity contribution in [3.63, 3.8) is 0 Å². The summed E-state index contributed by atoms with van der Waals surface area (Å²) >= 11 is 0. The number of benzene rings is 2. The molecule has 0 amide bonds. The molecule has 5 heteroatoms. The number of likely N-dealkylation sites (tertiary alicyclic amines) is 4. The maximum atomic E-state index is 15.4.